The normalized spacial score (nSPS) is 10.7. The number of hydrogen-bond donors (Lipinski definition) is 1. The number of rotatable bonds is 4. The summed E-state index contributed by atoms with van der Waals surface area (Å²) in [7, 11) is 3.34. The molecule has 0 bridgehead atoms. The van der Waals surface area contributed by atoms with Crippen LogP contribution in [0.25, 0.3) is 11.1 Å². The fourth-order valence-corrected chi connectivity index (χ4v) is 2.36. The van der Waals surface area contributed by atoms with Crippen molar-refractivity contribution in [2.45, 2.75) is 19.8 Å². The van der Waals surface area contributed by atoms with Crippen molar-refractivity contribution < 1.29 is 9.47 Å². The van der Waals surface area contributed by atoms with Gasteiger partial charge < -0.3 is 15.2 Å². The topological polar surface area (TPSA) is 44.5 Å². The molecular formula is C17H21NO2. The lowest BCUT2D eigenvalue weighted by atomic mass is 9.95. The van der Waals surface area contributed by atoms with Crippen LogP contribution in [0, 0.1) is 0 Å². The molecule has 0 amide bonds. The van der Waals surface area contributed by atoms with Gasteiger partial charge >= 0.3 is 0 Å². The zero-order valence-electron chi connectivity index (χ0n) is 12.4. The Morgan fingerprint density at radius 3 is 2.35 bits per heavy atom. The molecule has 2 N–H and O–H groups in total. The monoisotopic (exact) mass is 271 g/mol. The predicted octanol–water partition coefficient (Wildman–Crippen LogP) is 4.08. The van der Waals surface area contributed by atoms with E-state index in [2.05, 4.69) is 19.9 Å². The van der Waals surface area contributed by atoms with Crippen molar-refractivity contribution >= 4 is 5.69 Å². The summed E-state index contributed by atoms with van der Waals surface area (Å²) in [6.07, 6.45) is 0. The summed E-state index contributed by atoms with van der Waals surface area (Å²) in [6.45, 7) is 4.30. The highest BCUT2D eigenvalue weighted by atomic mass is 16.5. The second-order valence-corrected chi connectivity index (χ2v) is 5.04. The van der Waals surface area contributed by atoms with Crippen molar-refractivity contribution in [1.29, 1.82) is 0 Å². The van der Waals surface area contributed by atoms with Crippen LogP contribution in [0.2, 0.25) is 0 Å². The average Bonchev–Trinajstić information content (AvgIpc) is 2.46. The SMILES string of the molecule is COc1ccc(-c2cccc(N)c2OC)cc1C(C)C. The first kappa shape index (κ1) is 14.3. The van der Waals surface area contributed by atoms with Crippen molar-refractivity contribution in [2.75, 3.05) is 20.0 Å². The van der Waals surface area contributed by atoms with E-state index in [0.717, 1.165) is 16.9 Å². The van der Waals surface area contributed by atoms with E-state index in [1.54, 1.807) is 14.2 Å². The van der Waals surface area contributed by atoms with Crippen LogP contribution in [0.5, 0.6) is 11.5 Å². The van der Waals surface area contributed by atoms with Crippen LogP contribution in [0.1, 0.15) is 25.3 Å². The standard InChI is InChI=1S/C17H21NO2/c1-11(2)14-10-12(8-9-16(14)19-3)13-6-5-7-15(18)17(13)20-4/h5-11H,18H2,1-4H3. The van der Waals surface area contributed by atoms with Gasteiger partial charge in [0, 0.05) is 5.56 Å². The van der Waals surface area contributed by atoms with Crippen molar-refractivity contribution in [1.82, 2.24) is 0 Å². The maximum absolute atomic E-state index is 5.97. The largest absolute Gasteiger partial charge is 0.496 e. The van der Waals surface area contributed by atoms with E-state index in [-0.39, 0.29) is 0 Å². The number of ether oxygens (including phenoxy) is 2. The lowest BCUT2D eigenvalue weighted by Gasteiger charge is -2.16. The lowest BCUT2D eigenvalue weighted by molar-refractivity contribution is 0.407. The van der Waals surface area contributed by atoms with Gasteiger partial charge in [-0.05, 0) is 35.2 Å². The van der Waals surface area contributed by atoms with Crippen LogP contribution < -0.4 is 15.2 Å². The Bertz CT molecular complexity index is 606. The summed E-state index contributed by atoms with van der Waals surface area (Å²) in [6, 6.07) is 12.0. The molecule has 0 aliphatic rings. The van der Waals surface area contributed by atoms with E-state index in [4.69, 9.17) is 15.2 Å². The Kier molecular flexibility index (Phi) is 4.18. The minimum absolute atomic E-state index is 0.386. The number of nitrogens with two attached hydrogens (primary N) is 1. The number of nitrogen functional groups attached to an aromatic ring is 1. The number of hydrogen-bond acceptors (Lipinski definition) is 3. The van der Waals surface area contributed by atoms with Gasteiger partial charge in [0.25, 0.3) is 0 Å². The maximum Gasteiger partial charge on any atom is 0.149 e. The highest BCUT2D eigenvalue weighted by molar-refractivity contribution is 5.78. The van der Waals surface area contributed by atoms with Crippen LogP contribution >= 0.6 is 0 Å². The minimum Gasteiger partial charge on any atom is -0.496 e. The molecule has 2 aromatic carbocycles. The van der Waals surface area contributed by atoms with E-state index in [0.29, 0.717) is 17.4 Å². The van der Waals surface area contributed by atoms with Gasteiger partial charge in [-0.3, -0.25) is 0 Å². The molecule has 0 radical (unpaired) electrons. The Hall–Kier alpha value is -2.16. The van der Waals surface area contributed by atoms with Crippen LogP contribution in [0.15, 0.2) is 36.4 Å². The average molecular weight is 271 g/mol. The Morgan fingerprint density at radius 2 is 1.75 bits per heavy atom. The third-order valence-corrected chi connectivity index (χ3v) is 3.41. The molecule has 0 fully saturated rings. The van der Waals surface area contributed by atoms with Crippen molar-refractivity contribution in [3.05, 3.63) is 42.0 Å². The van der Waals surface area contributed by atoms with Crippen molar-refractivity contribution in [3.8, 4) is 22.6 Å². The molecule has 106 valence electrons. The molecule has 0 heterocycles. The lowest BCUT2D eigenvalue weighted by Crippen LogP contribution is -1.97. The molecule has 20 heavy (non-hydrogen) atoms. The second-order valence-electron chi connectivity index (χ2n) is 5.04. The van der Waals surface area contributed by atoms with Gasteiger partial charge in [-0.2, -0.15) is 0 Å². The highest BCUT2D eigenvalue weighted by Gasteiger charge is 2.13. The summed E-state index contributed by atoms with van der Waals surface area (Å²) < 4.78 is 10.9. The van der Waals surface area contributed by atoms with Crippen LogP contribution in [-0.2, 0) is 0 Å². The molecule has 3 nitrogen and oxygen atoms in total. The van der Waals surface area contributed by atoms with E-state index < -0.39 is 0 Å². The molecule has 0 aliphatic carbocycles. The molecule has 3 heteroatoms. The molecule has 0 aromatic heterocycles. The predicted molar refractivity (Wildman–Crippen MR) is 83.5 cm³/mol. The molecule has 0 saturated heterocycles. The van der Waals surface area contributed by atoms with E-state index in [9.17, 15) is 0 Å². The van der Waals surface area contributed by atoms with Gasteiger partial charge in [0.1, 0.15) is 11.5 Å². The fraction of sp³-hybridized carbons (Fsp3) is 0.294. The Morgan fingerprint density at radius 1 is 1.00 bits per heavy atom. The number of benzene rings is 2. The quantitative estimate of drug-likeness (QED) is 0.852. The fourth-order valence-electron chi connectivity index (χ4n) is 2.36. The van der Waals surface area contributed by atoms with Crippen molar-refractivity contribution in [3.63, 3.8) is 0 Å². The van der Waals surface area contributed by atoms with Crippen molar-refractivity contribution in [2.24, 2.45) is 0 Å². The van der Waals surface area contributed by atoms with E-state index in [1.165, 1.54) is 5.56 Å². The van der Waals surface area contributed by atoms with Gasteiger partial charge in [0.15, 0.2) is 0 Å². The Balaban J connectivity index is 2.59. The summed E-state index contributed by atoms with van der Waals surface area (Å²) in [4.78, 5) is 0. The van der Waals surface area contributed by atoms with E-state index >= 15 is 0 Å². The van der Waals surface area contributed by atoms with E-state index in [1.807, 2.05) is 30.3 Å². The van der Waals surface area contributed by atoms with Crippen LogP contribution in [0.3, 0.4) is 0 Å². The number of para-hydroxylation sites is 1. The summed E-state index contributed by atoms with van der Waals surface area (Å²) in [5, 5.41) is 0. The zero-order chi connectivity index (χ0) is 14.7. The van der Waals surface area contributed by atoms with Gasteiger partial charge in [0.05, 0.1) is 19.9 Å². The summed E-state index contributed by atoms with van der Waals surface area (Å²) in [5.41, 5.74) is 9.87. The molecule has 0 atom stereocenters. The molecule has 2 aromatic rings. The van der Waals surface area contributed by atoms with Crippen LogP contribution in [-0.4, -0.2) is 14.2 Å². The third-order valence-electron chi connectivity index (χ3n) is 3.41. The first-order chi connectivity index (χ1) is 9.58. The first-order valence-corrected chi connectivity index (χ1v) is 6.69. The highest BCUT2D eigenvalue weighted by Crippen LogP contribution is 2.38. The maximum atomic E-state index is 5.97. The van der Waals surface area contributed by atoms with Gasteiger partial charge in [-0.25, -0.2) is 0 Å². The molecular weight excluding hydrogens is 250 g/mol. The smallest absolute Gasteiger partial charge is 0.149 e. The molecule has 0 aliphatic heterocycles. The Labute approximate surface area is 120 Å². The summed E-state index contributed by atoms with van der Waals surface area (Å²) in [5.74, 6) is 2.01. The number of methoxy groups -OCH3 is 2. The molecule has 0 spiro atoms. The van der Waals surface area contributed by atoms with Gasteiger partial charge in [0.2, 0.25) is 0 Å². The molecule has 0 saturated carbocycles. The molecule has 2 rings (SSSR count). The first-order valence-electron chi connectivity index (χ1n) is 6.69. The summed E-state index contributed by atoms with van der Waals surface area (Å²) >= 11 is 0. The van der Waals surface area contributed by atoms with Crippen LogP contribution in [0.4, 0.5) is 5.69 Å². The van der Waals surface area contributed by atoms with Gasteiger partial charge in [-0.1, -0.05) is 32.0 Å². The third kappa shape index (κ3) is 2.57. The second kappa shape index (κ2) is 5.87. The van der Waals surface area contributed by atoms with Gasteiger partial charge in [-0.15, -0.1) is 0 Å². The number of anilines is 1. The molecule has 0 unspecified atom stereocenters. The zero-order valence-corrected chi connectivity index (χ0v) is 12.4. The minimum atomic E-state index is 0.386.